The van der Waals surface area contributed by atoms with Gasteiger partial charge < -0.3 is 20.3 Å². The van der Waals surface area contributed by atoms with Crippen molar-refractivity contribution < 1.29 is 24.1 Å². The molecule has 1 aromatic carbocycles. The molecule has 0 radical (unpaired) electrons. The molecule has 130 valence electrons. The van der Waals surface area contributed by atoms with E-state index >= 15 is 0 Å². The number of ether oxygens (including phenoxy) is 1. The first kappa shape index (κ1) is 18.3. The molecule has 25 heavy (non-hydrogen) atoms. The van der Waals surface area contributed by atoms with Crippen LogP contribution in [-0.2, 0) is 11.3 Å². The molecule has 1 heterocycles. The molecule has 1 amide bonds. The summed E-state index contributed by atoms with van der Waals surface area (Å²) in [7, 11) is 0. The highest BCUT2D eigenvalue weighted by Crippen LogP contribution is 2.18. The predicted molar refractivity (Wildman–Crippen MR) is 84.5 cm³/mol. The minimum absolute atomic E-state index is 0.0107. The number of hydrogen-bond acceptors (Lipinski definition) is 6. The Balaban J connectivity index is 1.82. The summed E-state index contributed by atoms with van der Waals surface area (Å²) in [6.07, 6.45) is -2.56. The van der Waals surface area contributed by atoms with Crippen molar-refractivity contribution in [1.29, 1.82) is 5.26 Å². The van der Waals surface area contributed by atoms with Gasteiger partial charge in [0.25, 0.3) is 0 Å². The molecule has 0 saturated carbocycles. The van der Waals surface area contributed by atoms with E-state index in [2.05, 4.69) is 10.3 Å². The van der Waals surface area contributed by atoms with Crippen LogP contribution < -0.4 is 5.32 Å². The van der Waals surface area contributed by atoms with Gasteiger partial charge in [0.05, 0.1) is 0 Å². The fourth-order valence-corrected chi connectivity index (χ4v) is 1.99. The van der Waals surface area contributed by atoms with E-state index in [0.717, 1.165) is 17.8 Å². The van der Waals surface area contributed by atoms with Gasteiger partial charge in [0.2, 0.25) is 0 Å². The third-order valence-electron chi connectivity index (χ3n) is 3.34. The maximum absolute atomic E-state index is 13.5. The largest absolute Gasteiger partial charge is 0.445 e. The molecule has 0 aliphatic rings. The number of pyridine rings is 1. The second-order valence-corrected chi connectivity index (χ2v) is 5.17. The van der Waals surface area contributed by atoms with Gasteiger partial charge in [-0.25, -0.2) is 14.2 Å². The Labute approximate surface area is 143 Å². The summed E-state index contributed by atoms with van der Waals surface area (Å²) in [4.78, 5) is 15.1. The van der Waals surface area contributed by atoms with Crippen LogP contribution in [0.1, 0.15) is 22.9 Å². The van der Waals surface area contributed by atoms with Crippen molar-refractivity contribution in [3.05, 3.63) is 65.2 Å². The van der Waals surface area contributed by atoms with E-state index < -0.39 is 29.8 Å². The first-order chi connectivity index (χ1) is 12.0. The highest BCUT2D eigenvalue weighted by atomic mass is 19.1. The highest BCUT2D eigenvalue weighted by molar-refractivity contribution is 5.67. The molecule has 7 nitrogen and oxygen atoms in total. The van der Waals surface area contributed by atoms with E-state index in [0.29, 0.717) is 0 Å². The maximum atomic E-state index is 13.5. The van der Waals surface area contributed by atoms with Gasteiger partial charge in [-0.3, -0.25) is 0 Å². The molecular weight excluding hydrogens is 329 g/mol. The lowest BCUT2D eigenvalue weighted by molar-refractivity contribution is 0.0180. The number of aliphatic hydroxyl groups is 2. The third-order valence-corrected chi connectivity index (χ3v) is 3.34. The number of benzene rings is 1. The highest BCUT2D eigenvalue weighted by Gasteiger charge is 2.21. The lowest BCUT2D eigenvalue weighted by atomic mass is 10.1. The Morgan fingerprint density at radius 3 is 2.72 bits per heavy atom. The van der Waals surface area contributed by atoms with Crippen LogP contribution in [0.4, 0.5) is 9.18 Å². The molecule has 2 atom stereocenters. The number of nitrogens with one attached hydrogen (secondary N) is 1. The number of aliphatic hydroxyl groups excluding tert-OH is 2. The molecule has 1 aromatic heterocycles. The molecule has 2 unspecified atom stereocenters. The van der Waals surface area contributed by atoms with Gasteiger partial charge in [-0.15, -0.1) is 0 Å². The van der Waals surface area contributed by atoms with Crippen LogP contribution >= 0.6 is 0 Å². The molecule has 2 aromatic rings. The zero-order chi connectivity index (χ0) is 18.2. The molecule has 0 saturated heterocycles. The molecule has 0 fully saturated rings. The van der Waals surface area contributed by atoms with E-state index in [1.165, 1.54) is 0 Å². The smallest absolute Gasteiger partial charge is 0.407 e. The number of carbonyl (C=O) groups is 1. The normalized spacial score (nSPS) is 12.7. The van der Waals surface area contributed by atoms with Crippen molar-refractivity contribution in [3.8, 4) is 6.07 Å². The Kier molecular flexibility index (Phi) is 6.39. The number of halogens is 1. The minimum Gasteiger partial charge on any atom is -0.445 e. The Bertz CT molecular complexity index is 764. The van der Waals surface area contributed by atoms with Crippen LogP contribution in [0.15, 0.2) is 42.6 Å². The first-order valence-electron chi connectivity index (χ1n) is 7.37. The molecule has 3 N–H and O–H groups in total. The van der Waals surface area contributed by atoms with Crippen molar-refractivity contribution >= 4 is 6.09 Å². The summed E-state index contributed by atoms with van der Waals surface area (Å²) >= 11 is 0. The summed E-state index contributed by atoms with van der Waals surface area (Å²) < 4.78 is 18.4. The second-order valence-electron chi connectivity index (χ2n) is 5.17. The van der Waals surface area contributed by atoms with Gasteiger partial charge >= 0.3 is 6.09 Å². The van der Waals surface area contributed by atoms with Crippen LogP contribution in [0.5, 0.6) is 0 Å². The number of hydrogen-bond donors (Lipinski definition) is 3. The third kappa shape index (κ3) is 5.24. The monoisotopic (exact) mass is 345 g/mol. The van der Waals surface area contributed by atoms with Gasteiger partial charge in [-0.1, -0.05) is 30.3 Å². The van der Waals surface area contributed by atoms with E-state index in [1.54, 1.807) is 18.2 Å². The maximum Gasteiger partial charge on any atom is 0.407 e. The molecule has 0 bridgehead atoms. The lowest BCUT2D eigenvalue weighted by Crippen LogP contribution is -2.35. The average Bonchev–Trinajstić information content (AvgIpc) is 2.64. The lowest BCUT2D eigenvalue weighted by Gasteiger charge is -2.18. The van der Waals surface area contributed by atoms with E-state index in [9.17, 15) is 19.4 Å². The number of rotatable bonds is 6. The van der Waals surface area contributed by atoms with Crippen molar-refractivity contribution in [2.45, 2.75) is 18.8 Å². The van der Waals surface area contributed by atoms with Crippen molar-refractivity contribution in [2.24, 2.45) is 0 Å². The summed E-state index contributed by atoms with van der Waals surface area (Å²) in [6.45, 7) is -0.244. The van der Waals surface area contributed by atoms with E-state index in [4.69, 9.17) is 10.00 Å². The van der Waals surface area contributed by atoms with Gasteiger partial charge in [0, 0.05) is 18.3 Å². The molecule has 0 aliphatic carbocycles. The van der Waals surface area contributed by atoms with Gasteiger partial charge in [0.15, 0.2) is 11.5 Å². The number of alkyl carbamates (subject to hydrolysis) is 1. The van der Waals surface area contributed by atoms with Gasteiger partial charge in [0.1, 0.15) is 24.9 Å². The van der Waals surface area contributed by atoms with Crippen molar-refractivity contribution in [3.63, 3.8) is 0 Å². The van der Waals surface area contributed by atoms with Crippen LogP contribution in [-0.4, -0.2) is 33.9 Å². The zero-order valence-corrected chi connectivity index (χ0v) is 13.1. The number of amides is 1. The summed E-state index contributed by atoms with van der Waals surface area (Å²) in [6, 6.07) is 11.5. The van der Waals surface area contributed by atoms with Crippen LogP contribution in [0.3, 0.4) is 0 Å². The fraction of sp³-hybridized carbons (Fsp3) is 0.235. The molecular formula is C17H16FN3O4. The van der Waals surface area contributed by atoms with Crippen LogP contribution in [0.25, 0.3) is 0 Å². The average molecular weight is 345 g/mol. The van der Waals surface area contributed by atoms with Crippen molar-refractivity contribution in [1.82, 2.24) is 10.3 Å². The number of carbonyl (C=O) groups excluding carboxylic acids is 1. The van der Waals surface area contributed by atoms with E-state index in [-0.39, 0.29) is 18.7 Å². The Morgan fingerprint density at radius 1 is 1.36 bits per heavy atom. The van der Waals surface area contributed by atoms with Crippen molar-refractivity contribution in [2.75, 3.05) is 6.54 Å². The standard InChI is InChI=1S/C17H16FN3O4/c18-13-6-12(8-20-14(13)7-19)16(23)15(22)9-21-17(24)25-10-11-4-2-1-3-5-11/h1-6,8,15-16,22-23H,9-10H2,(H,21,24). The van der Waals surface area contributed by atoms with Crippen LogP contribution in [0, 0.1) is 17.1 Å². The molecule has 2 rings (SSSR count). The Hall–Kier alpha value is -3.02. The predicted octanol–water partition coefficient (Wildman–Crippen LogP) is 1.41. The summed E-state index contributed by atoms with van der Waals surface area (Å²) in [5, 5.41) is 30.8. The number of aromatic nitrogens is 1. The number of nitriles is 1. The molecule has 0 aliphatic heterocycles. The first-order valence-corrected chi connectivity index (χ1v) is 7.37. The molecule has 0 spiro atoms. The fourth-order valence-electron chi connectivity index (χ4n) is 1.99. The molecule has 8 heteroatoms. The van der Waals surface area contributed by atoms with Crippen LogP contribution in [0.2, 0.25) is 0 Å². The van der Waals surface area contributed by atoms with Gasteiger partial charge in [-0.05, 0) is 11.6 Å². The minimum atomic E-state index is -1.48. The topological polar surface area (TPSA) is 115 Å². The van der Waals surface area contributed by atoms with Gasteiger partial charge in [-0.2, -0.15) is 5.26 Å². The summed E-state index contributed by atoms with van der Waals surface area (Å²) in [5.41, 5.74) is 0.383. The zero-order valence-electron chi connectivity index (χ0n) is 13.1. The SMILES string of the molecule is N#Cc1ncc(C(O)C(O)CNC(=O)OCc2ccccc2)cc1F. The van der Waals surface area contributed by atoms with E-state index in [1.807, 2.05) is 18.2 Å². The Morgan fingerprint density at radius 2 is 2.08 bits per heavy atom. The summed E-state index contributed by atoms with van der Waals surface area (Å²) in [5.74, 6) is -0.901. The second kappa shape index (κ2) is 8.73. The number of nitrogens with zero attached hydrogens (tertiary/aromatic N) is 2. The quantitative estimate of drug-likeness (QED) is 0.729.